The zero-order valence-corrected chi connectivity index (χ0v) is 12.1. The van der Waals surface area contributed by atoms with Gasteiger partial charge < -0.3 is 20.3 Å². The summed E-state index contributed by atoms with van der Waals surface area (Å²) in [6, 6.07) is 10.6. The first-order valence-electron chi connectivity index (χ1n) is 6.88. The van der Waals surface area contributed by atoms with E-state index in [1.54, 1.807) is 30.3 Å². The minimum atomic E-state index is -4.81. The van der Waals surface area contributed by atoms with E-state index in [0.29, 0.717) is 17.7 Å². The standard InChI is InChI=1S/C16H16F3NO3/c17-16(18,19)23-15-10-13(22-9-1-8-21)6-7-14(15)11-2-4-12(20)5-3-11/h2-7,10,21H,1,8-9,20H2. The molecule has 0 bridgehead atoms. The number of benzene rings is 2. The topological polar surface area (TPSA) is 64.7 Å². The highest BCUT2D eigenvalue weighted by Gasteiger charge is 2.32. The number of aliphatic hydroxyl groups is 1. The van der Waals surface area contributed by atoms with E-state index in [0.717, 1.165) is 0 Å². The molecule has 0 aromatic heterocycles. The van der Waals surface area contributed by atoms with Crippen molar-refractivity contribution in [3.8, 4) is 22.6 Å². The lowest BCUT2D eigenvalue weighted by Gasteiger charge is -2.15. The van der Waals surface area contributed by atoms with Gasteiger partial charge in [0.25, 0.3) is 0 Å². The Morgan fingerprint density at radius 3 is 2.35 bits per heavy atom. The van der Waals surface area contributed by atoms with Crippen molar-refractivity contribution in [2.45, 2.75) is 12.8 Å². The molecule has 124 valence electrons. The van der Waals surface area contributed by atoms with Crippen LogP contribution in [0.4, 0.5) is 18.9 Å². The Hall–Kier alpha value is -2.41. The maximum absolute atomic E-state index is 12.6. The summed E-state index contributed by atoms with van der Waals surface area (Å²) in [4.78, 5) is 0. The van der Waals surface area contributed by atoms with Crippen LogP contribution in [0.5, 0.6) is 11.5 Å². The molecule has 0 aliphatic rings. The van der Waals surface area contributed by atoms with Crippen LogP contribution >= 0.6 is 0 Å². The van der Waals surface area contributed by atoms with Crippen LogP contribution in [0.15, 0.2) is 42.5 Å². The lowest BCUT2D eigenvalue weighted by Crippen LogP contribution is -2.17. The van der Waals surface area contributed by atoms with Gasteiger partial charge in [0.05, 0.1) is 6.61 Å². The number of ether oxygens (including phenoxy) is 2. The first kappa shape index (κ1) is 17.0. The van der Waals surface area contributed by atoms with E-state index in [-0.39, 0.29) is 30.3 Å². The number of aliphatic hydroxyl groups excluding tert-OH is 1. The van der Waals surface area contributed by atoms with Gasteiger partial charge in [-0.15, -0.1) is 13.2 Å². The maximum atomic E-state index is 12.6. The van der Waals surface area contributed by atoms with Crippen molar-refractivity contribution in [2.75, 3.05) is 18.9 Å². The number of alkyl halides is 3. The molecule has 23 heavy (non-hydrogen) atoms. The molecule has 0 amide bonds. The molecule has 0 aliphatic carbocycles. The fourth-order valence-electron chi connectivity index (χ4n) is 1.96. The van der Waals surface area contributed by atoms with E-state index >= 15 is 0 Å². The smallest absolute Gasteiger partial charge is 0.493 e. The Morgan fingerprint density at radius 1 is 1.04 bits per heavy atom. The van der Waals surface area contributed by atoms with E-state index in [1.807, 2.05) is 0 Å². The van der Waals surface area contributed by atoms with Gasteiger partial charge >= 0.3 is 6.36 Å². The molecule has 0 saturated carbocycles. The summed E-state index contributed by atoms with van der Waals surface area (Å²) in [7, 11) is 0. The zero-order chi connectivity index (χ0) is 16.9. The molecule has 0 heterocycles. The fourth-order valence-corrected chi connectivity index (χ4v) is 1.96. The monoisotopic (exact) mass is 327 g/mol. The molecule has 2 aromatic carbocycles. The van der Waals surface area contributed by atoms with Crippen molar-refractivity contribution < 1.29 is 27.8 Å². The second-order valence-electron chi connectivity index (χ2n) is 4.75. The third-order valence-electron chi connectivity index (χ3n) is 2.97. The van der Waals surface area contributed by atoms with Crippen LogP contribution in [0.3, 0.4) is 0 Å². The highest BCUT2D eigenvalue weighted by Crippen LogP contribution is 2.37. The summed E-state index contributed by atoms with van der Waals surface area (Å²) in [5.41, 5.74) is 6.91. The third-order valence-corrected chi connectivity index (χ3v) is 2.97. The first-order chi connectivity index (χ1) is 10.9. The number of nitrogen functional groups attached to an aromatic ring is 1. The second kappa shape index (κ2) is 7.23. The number of hydrogen-bond acceptors (Lipinski definition) is 4. The molecule has 2 rings (SSSR count). The van der Waals surface area contributed by atoms with Crippen LogP contribution in [-0.2, 0) is 0 Å². The molecule has 3 N–H and O–H groups in total. The van der Waals surface area contributed by atoms with Gasteiger partial charge in [-0.2, -0.15) is 0 Å². The summed E-state index contributed by atoms with van der Waals surface area (Å²) in [5.74, 6) is -0.124. The lowest BCUT2D eigenvalue weighted by molar-refractivity contribution is -0.274. The van der Waals surface area contributed by atoms with Crippen LogP contribution in [0, 0.1) is 0 Å². The fraction of sp³-hybridized carbons (Fsp3) is 0.250. The van der Waals surface area contributed by atoms with Crippen molar-refractivity contribution in [2.24, 2.45) is 0 Å². The van der Waals surface area contributed by atoms with Gasteiger partial charge in [-0.05, 0) is 29.8 Å². The minimum absolute atomic E-state index is 0.0601. The summed E-state index contributed by atoms with van der Waals surface area (Å²) in [6.07, 6.45) is -4.43. The summed E-state index contributed by atoms with van der Waals surface area (Å²) < 4.78 is 47.3. The van der Waals surface area contributed by atoms with Crippen LogP contribution in [0.1, 0.15) is 6.42 Å². The molecular formula is C16H16F3NO3. The predicted octanol–water partition coefficient (Wildman–Crippen LogP) is 3.60. The van der Waals surface area contributed by atoms with Crippen molar-refractivity contribution in [3.05, 3.63) is 42.5 Å². The molecule has 0 aliphatic heterocycles. The van der Waals surface area contributed by atoms with Gasteiger partial charge in [-0.25, -0.2) is 0 Å². The number of anilines is 1. The van der Waals surface area contributed by atoms with Gasteiger partial charge in [-0.1, -0.05) is 12.1 Å². The van der Waals surface area contributed by atoms with Crippen LogP contribution < -0.4 is 15.2 Å². The van der Waals surface area contributed by atoms with E-state index in [4.69, 9.17) is 15.6 Å². The minimum Gasteiger partial charge on any atom is -0.493 e. The molecule has 0 spiro atoms. The normalized spacial score (nSPS) is 11.3. The predicted molar refractivity (Wildman–Crippen MR) is 80.2 cm³/mol. The van der Waals surface area contributed by atoms with Crippen LogP contribution in [0.2, 0.25) is 0 Å². The molecule has 0 fully saturated rings. The third kappa shape index (κ3) is 5.07. The zero-order valence-electron chi connectivity index (χ0n) is 12.1. The molecule has 0 atom stereocenters. The summed E-state index contributed by atoms with van der Waals surface area (Å²) in [5, 5.41) is 8.70. The lowest BCUT2D eigenvalue weighted by atomic mass is 10.0. The number of rotatable bonds is 6. The molecule has 0 saturated heterocycles. The number of halogens is 3. The average Bonchev–Trinajstić information content (AvgIpc) is 2.47. The van der Waals surface area contributed by atoms with Crippen LogP contribution in [-0.4, -0.2) is 24.7 Å². The second-order valence-corrected chi connectivity index (χ2v) is 4.75. The quantitative estimate of drug-likeness (QED) is 0.628. The number of nitrogens with two attached hydrogens (primary N) is 1. The summed E-state index contributed by atoms with van der Waals surface area (Å²) in [6.45, 7) is 0.138. The van der Waals surface area contributed by atoms with E-state index in [1.165, 1.54) is 12.1 Å². The Bertz CT molecular complexity index is 642. The Balaban J connectivity index is 2.34. The SMILES string of the molecule is Nc1ccc(-c2ccc(OCCCO)cc2OC(F)(F)F)cc1. The largest absolute Gasteiger partial charge is 0.573 e. The molecule has 0 radical (unpaired) electrons. The highest BCUT2D eigenvalue weighted by atomic mass is 19.4. The molecule has 4 nitrogen and oxygen atoms in total. The molecule has 0 unspecified atom stereocenters. The van der Waals surface area contributed by atoms with E-state index in [9.17, 15) is 13.2 Å². The van der Waals surface area contributed by atoms with E-state index < -0.39 is 6.36 Å². The Labute approximate surface area is 131 Å². The molecule has 7 heteroatoms. The number of hydrogen-bond donors (Lipinski definition) is 2. The van der Waals surface area contributed by atoms with Crippen molar-refractivity contribution in [1.29, 1.82) is 0 Å². The molecule has 2 aromatic rings. The van der Waals surface area contributed by atoms with Gasteiger partial charge in [-0.3, -0.25) is 0 Å². The first-order valence-corrected chi connectivity index (χ1v) is 6.88. The highest BCUT2D eigenvalue weighted by molar-refractivity contribution is 5.72. The molecular weight excluding hydrogens is 311 g/mol. The van der Waals surface area contributed by atoms with Gasteiger partial charge in [0.15, 0.2) is 0 Å². The van der Waals surface area contributed by atoms with Crippen molar-refractivity contribution >= 4 is 5.69 Å². The maximum Gasteiger partial charge on any atom is 0.573 e. The van der Waals surface area contributed by atoms with Crippen molar-refractivity contribution in [1.82, 2.24) is 0 Å². The van der Waals surface area contributed by atoms with Gasteiger partial charge in [0, 0.05) is 30.3 Å². The average molecular weight is 327 g/mol. The van der Waals surface area contributed by atoms with Gasteiger partial charge in [0.2, 0.25) is 0 Å². The summed E-state index contributed by atoms with van der Waals surface area (Å²) >= 11 is 0. The van der Waals surface area contributed by atoms with Crippen LogP contribution in [0.25, 0.3) is 11.1 Å². The Morgan fingerprint density at radius 2 is 1.74 bits per heavy atom. The Kier molecular flexibility index (Phi) is 5.33. The van der Waals surface area contributed by atoms with Crippen molar-refractivity contribution in [3.63, 3.8) is 0 Å². The van der Waals surface area contributed by atoms with E-state index in [2.05, 4.69) is 4.74 Å². The van der Waals surface area contributed by atoms with Gasteiger partial charge in [0.1, 0.15) is 11.5 Å².